The Morgan fingerprint density at radius 2 is 2.03 bits per heavy atom. The van der Waals surface area contributed by atoms with Gasteiger partial charge in [-0.05, 0) is 56.9 Å². The Morgan fingerprint density at radius 1 is 1.29 bits per heavy atom. The Bertz CT molecular complexity index is 1180. The number of aromatic nitrogens is 1. The predicted molar refractivity (Wildman–Crippen MR) is 135 cm³/mol. The number of benzene rings is 1. The normalized spacial score (nSPS) is 17.2. The summed E-state index contributed by atoms with van der Waals surface area (Å²) in [6, 6.07) is 5.00. The van der Waals surface area contributed by atoms with Crippen LogP contribution >= 0.6 is 11.6 Å². The Kier molecular flexibility index (Phi) is 10.4. The number of halogens is 2. The maximum atomic E-state index is 13.5. The van der Waals surface area contributed by atoms with Crippen molar-refractivity contribution >= 4 is 35.3 Å². The van der Waals surface area contributed by atoms with Crippen LogP contribution in [0.4, 0.5) is 4.39 Å². The molecule has 38 heavy (non-hydrogen) atoms. The largest absolute Gasteiger partial charge is 0.462 e. The van der Waals surface area contributed by atoms with E-state index >= 15 is 0 Å². The summed E-state index contributed by atoms with van der Waals surface area (Å²) >= 11 is 6.14. The monoisotopic (exact) mass is 548 g/mol. The summed E-state index contributed by atoms with van der Waals surface area (Å²) in [4.78, 5) is 50.7. The second kappa shape index (κ2) is 13.7. The first-order valence-corrected chi connectivity index (χ1v) is 12.6. The highest BCUT2D eigenvalue weighted by atomic mass is 35.5. The van der Waals surface area contributed by atoms with Gasteiger partial charge in [0.1, 0.15) is 22.7 Å². The van der Waals surface area contributed by atoms with E-state index in [4.69, 9.17) is 20.9 Å². The van der Waals surface area contributed by atoms with E-state index in [9.17, 15) is 23.6 Å². The molecule has 1 aliphatic heterocycles. The molecular formula is C26H30ClFN4O6. The standard InChI is InChI=1S/C26H30ClFN4O6/c1-3-37-26(36)20(27)14-19(13-17-5-4-10-29-23(17)33)30-24(34)21(12-16-6-8-18(28)9-7-16)31-25(35)22-11-15(2)38-32-22/h6-9,11,14,17,19,21H,3-5,10,12-13H2,1-2H3,(H,29,33)(H,30,34)(H,31,35)/t17-,19-,21-/m0/s1. The summed E-state index contributed by atoms with van der Waals surface area (Å²) in [5, 5.41) is 11.6. The number of nitrogens with one attached hydrogen (secondary N) is 3. The van der Waals surface area contributed by atoms with Crippen LogP contribution in [0.5, 0.6) is 0 Å². The van der Waals surface area contributed by atoms with Crippen LogP contribution in [-0.4, -0.2) is 54.1 Å². The molecule has 204 valence electrons. The molecule has 1 aromatic carbocycles. The van der Waals surface area contributed by atoms with Gasteiger partial charge < -0.3 is 25.2 Å². The molecule has 0 spiro atoms. The number of hydrogen-bond acceptors (Lipinski definition) is 7. The Hall–Kier alpha value is -3.73. The molecule has 0 unspecified atom stereocenters. The maximum absolute atomic E-state index is 13.5. The number of amides is 3. The van der Waals surface area contributed by atoms with Crippen molar-refractivity contribution in [3.05, 3.63) is 64.3 Å². The summed E-state index contributed by atoms with van der Waals surface area (Å²) in [6.45, 7) is 3.93. The summed E-state index contributed by atoms with van der Waals surface area (Å²) in [6.07, 6.45) is 2.90. The van der Waals surface area contributed by atoms with Crippen LogP contribution in [0.25, 0.3) is 0 Å². The quantitative estimate of drug-likeness (QED) is 0.289. The molecule has 2 aromatic rings. The van der Waals surface area contributed by atoms with Crippen molar-refractivity contribution in [2.75, 3.05) is 13.2 Å². The molecule has 1 aromatic heterocycles. The van der Waals surface area contributed by atoms with Crippen molar-refractivity contribution in [1.29, 1.82) is 0 Å². The van der Waals surface area contributed by atoms with Crippen LogP contribution in [0.15, 0.2) is 46.0 Å². The Labute approximate surface area is 224 Å². The third-order valence-corrected chi connectivity index (χ3v) is 6.20. The summed E-state index contributed by atoms with van der Waals surface area (Å²) in [5.41, 5.74) is 0.576. The summed E-state index contributed by atoms with van der Waals surface area (Å²) in [7, 11) is 0. The van der Waals surface area contributed by atoms with Gasteiger partial charge in [0.2, 0.25) is 11.8 Å². The number of esters is 1. The number of piperidine rings is 1. The molecular weight excluding hydrogens is 519 g/mol. The molecule has 0 radical (unpaired) electrons. The molecule has 3 N–H and O–H groups in total. The van der Waals surface area contributed by atoms with Gasteiger partial charge in [-0.25, -0.2) is 9.18 Å². The lowest BCUT2D eigenvalue weighted by atomic mass is 9.91. The second-order valence-corrected chi connectivity index (χ2v) is 9.30. The van der Waals surface area contributed by atoms with Crippen molar-refractivity contribution in [2.24, 2.45) is 5.92 Å². The highest BCUT2D eigenvalue weighted by Gasteiger charge is 2.29. The van der Waals surface area contributed by atoms with E-state index in [-0.39, 0.29) is 36.1 Å². The van der Waals surface area contributed by atoms with Crippen LogP contribution in [0.2, 0.25) is 0 Å². The minimum atomic E-state index is -1.11. The third kappa shape index (κ3) is 8.41. The molecule has 0 aliphatic carbocycles. The first-order valence-electron chi connectivity index (χ1n) is 12.3. The van der Waals surface area contributed by atoms with Gasteiger partial charge in [-0.1, -0.05) is 28.9 Å². The Balaban J connectivity index is 1.84. The van der Waals surface area contributed by atoms with Gasteiger partial charge in [-0.15, -0.1) is 0 Å². The van der Waals surface area contributed by atoms with Gasteiger partial charge in [0.15, 0.2) is 5.69 Å². The molecule has 3 rings (SSSR count). The lowest BCUT2D eigenvalue weighted by Crippen LogP contribution is -2.51. The molecule has 1 aliphatic rings. The van der Waals surface area contributed by atoms with Gasteiger partial charge in [-0.2, -0.15) is 0 Å². The lowest BCUT2D eigenvalue weighted by molar-refractivity contribution is -0.137. The smallest absolute Gasteiger partial charge is 0.349 e. The van der Waals surface area contributed by atoms with Crippen LogP contribution in [0, 0.1) is 18.7 Å². The van der Waals surface area contributed by atoms with Crippen LogP contribution in [0.3, 0.4) is 0 Å². The van der Waals surface area contributed by atoms with Crippen molar-refractivity contribution in [2.45, 2.75) is 51.6 Å². The zero-order valence-electron chi connectivity index (χ0n) is 21.1. The topological polar surface area (TPSA) is 140 Å². The molecule has 2 heterocycles. The zero-order chi connectivity index (χ0) is 27.7. The number of carbonyl (C=O) groups excluding carboxylic acids is 4. The van der Waals surface area contributed by atoms with Gasteiger partial charge in [0.25, 0.3) is 5.91 Å². The number of aryl methyl sites for hydroxylation is 1. The fourth-order valence-electron chi connectivity index (χ4n) is 4.03. The molecule has 0 saturated carbocycles. The lowest BCUT2D eigenvalue weighted by Gasteiger charge is -2.27. The SMILES string of the molecule is CCOC(=O)C(Cl)=C[C@H](C[C@@H]1CCCNC1=O)NC(=O)[C@H](Cc1ccc(F)cc1)NC(=O)c1cc(C)on1. The van der Waals surface area contributed by atoms with Crippen LogP contribution in [0.1, 0.15) is 48.0 Å². The minimum Gasteiger partial charge on any atom is -0.462 e. The summed E-state index contributed by atoms with van der Waals surface area (Å²) < 4.78 is 23.3. The third-order valence-electron chi connectivity index (χ3n) is 5.92. The fraction of sp³-hybridized carbons (Fsp3) is 0.423. The first kappa shape index (κ1) is 28.8. The van der Waals surface area contributed by atoms with E-state index in [1.54, 1.807) is 13.8 Å². The van der Waals surface area contributed by atoms with E-state index in [0.29, 0.717) is 24.3 Å². The van der Waals surface area contributed by atoms with Gasteiger partial charge >= 0.3 is 5.97 Å². The molecule has 1 saturated heterocycles. The van der Waals surface area contributed by atoms with Crippen LogP contribution < -0.4 is 16.0 Å². The number of rotatable bonds is 11. The van der Waals surface area contributed by atoms with Crippen molar-refractivity contribution in [3.63, 3.8) is 0 Å². The van der Waals surface area contributed by atoms with Gasteiger partial charge in [0.05, 0.1) is 6.61 Å². The van der Waals surface area contributed by atoms with Gasteiger partial charge in [0, 0.05) is 31.0 Å². The minimum absolute atomic E-state index is 0.0138. The zero-order valence-corrected chi connectivity index (χ0v) is 21.8. The van der Waals surface area contributed by atoms with Crippen molar-refractivity contribution in [1.82, 2.24) is 21.1 Å². The maximum Gasteiger partial charge on any atom is 0.349 e. The first-order chi connectivity index (χ1) is 18.2. The summed E-state index contributed by atoms with van der Waals surface area (Å²) in [5.74, 6) is -2.62. The molecule has 3 atom stereocenters. The molecule has 12 heteroatoms. The molecule has 3 amide bonds. The van der Waals surface area contributed by atoms with E-state index in [2.05, 4.69) is 21.1 Å². The average Bonchev–Trinajstić information content (AvgIpc) is 3.32. The second-order valence-electron chi connectivity index (χ2n) is 8.90. The van der Waals surface area contributed by atoms with E-state index in [1.165, 1.54) is 36.4 Å². The highest BCUT2D eigenvalue weighted by molar-refractivity contribution is 6.41. The van der Waals surface area contributed by atoms with Crippen molar-refractivity contribution < 1.29 is 32.8 Å². The number of ether oxygens (including phenoxy) is 1. The van der Waals surface area contributed by atoms with Crippen molar-refractivity contribution in [3.8, 4) is 0 Å². The van der Waals surface area contributed by atoms with E-state index in [0.717, 1.165) is 6.42 Å². The highest BCUT2D eigenvalue weighted by Crippen LogP contribution is 2.20. The number of carbonyl (C=O) groups is 4. The Morgan fingerprint density at radius 3 is 2.66 bits per heavy atom. The fourth-order valence-corrected chi connectivity index (χ4v) is 4.24. The number of hydrogen-bond donors (Lipinski definition) is 3. The van der Waals surface area contributed by atoms with Crippen LogP contribution in [-0.2, 0) is 25.5 Å². The number of nitrogens with zero attached hydrogens (tertiary/aromatic N) is 1. The molecule has 1 fully saturated rings. The van der Waals surface area contributed by atoms with Gasteiger partial charge in [-0.3, -0.25) is 14.4 Å². The van der Waals surface area contributed by atoms with E-state index < -0.39 is 41.6 Å². The average molecular weight is 549 g/mol. The molecule has 0 bridgehead atoms. The predicted octanol–water partition coefficient (Wildman–Crippen LogP) is 2.55. The van der Waals surface area contributed by atoms with E-state index in [1.807, 2.05) is 0 Å². The molecule has 10 nitrogen and oxygen atoms in total.